The molecule has 1 aromatic carbocycles. The SMILES string of the molecule is CCc1ccc(NC(=O)CSc2nc(C(C)C)nc3c2c(=O)n(C)c(=O)n3C)cc1. The smallest absolute Gasteiger partial charge is 0.325 e. The Hall–Kier alpha value is -2.94. The fraction of sp³-hybridized carbons (Fsp3) is 0.381. The lowest BCUT2D eigenvalue weighted by Crippen LogP contribution is -2.38. The quantitative estimate of drug-likeness (QED) is 0.479. The van der Waals surface area contributed by atoms with Gasteiger partial charge in [-0.1, -0.05) is 44.7 Å². The highest BCUT2D eigenvalue weighted by atomic mass is 32.2. The van der Waals surface area contributed by atoms with Crippen molar-refractivity contribution in [3.8, 4) is 0 Å². The number of nitrogens with one attached hydrogen (secondary N) is 1. The molecule has 2 aromatic heterocycles. The third-order valence-corrected chi connectivity index (χ3v) is 5.76. The van der Waals surface area contributed by atoms with Gasteiger partial charge in [-0.3, -0.25) is 18.7 Å². The van der Waals surface area contributed by atoms with E-state index >= 15 is 0 Å². The van der Waals surface area contributed by atoms with Gasteiger partial charge in [0.2, 0.25) is 5.91 Å². The summed E-state index contributed by atoms with van der Waals surface area (Å²) in [5.41, 5.74) is 1.26. The minimum Gasteiger partial charge on any atom is -0.325 e. The van der Waals surface area contributed by atoms with Crippen molar-refractivity contribution < 1.29 is 4.79 Å². The van der Waals surface area contributed by atoms with Crippen LogP contribution in [0.4, 0.5) is 5.69 Å². The van der Waals surface area contributed by atoms with Crippen LogP contribution < -0.4 is 16.6 Å². The number of benzene rings is 1. The molecule has 0 atom stereocenters. The molecule has 0 radical (unpaired) electrons. The van der Waals surface area contributed by atoms with Gasteiger partial charge in [-0.25, -0.2) is 14.8 Å². The highest BCUT2D eigenvalue weighted by Gasteiger charge is 2.19. The van der Waals surface area contributed by atoms with Crippen molar-refractivity contribution in [3.05, 3.63) is 56.5 Å². The topological polar surface area (TPSA) is 98.9 Å². The van der Waals surface area contributed by atoms with Crippen LogP contribution in [0.3, 0.4) is 0 Å². The minimum atomic E-state index is -0.471. The molecule has 0 unspecified atom stereocenters. The van der Waals surface area contributed by atoms with E-state index in [1.54, 1.807) is 7.05 Å². The number of fused-ring (bicyclic) bond motifs is 1. The monoisotopic (exact) mass is 427 g/mol. The van der Waals surface area contributed by atoms with E-state index in [-0.39, 0.29) is 28.6 Å². The third kappa shape index (κ3) is 4.30. The van der Waals surface area contributed by atoms with E-state index in [1.807, 2.05) is 38.1 Å². The molecule has 3 rings (SSSR count). The van der Waals surface area contributed by atoms with Crippen LogP contribution in [0.5, 0.6) is 0 Å². The lowest BCUT2D eigenvalue weighted by molar-refractivity contribution is -0.113. The second-order valence-corrected chi connectivity index (χ2v) is 8.30. The summed E-state index contributed by atoms with van der Waals surface area (Å²) in [5, 5.41) is 3.50. The van der Waals surface area contributed by atoms with Crippen LogP contribution in [0.1, 0.15) is 38.1 Å². The van der Waals surface area contributed by atoms with Crippen LogP contribution in [-0.4, -0.2) is 30.8 Å². The van der Waals surface area contributed by atoms with E-state index in [9.17, 15) is 14.4 Å². The number of carbonyl (C=O) groups is 1. The van der Waals surface area contributed by atoms with Gasteiger partial charge >= 0.3 is 5.69 Å². The van der Waals surface area contributed by atoms with Crippen LogP contribution in [0.15, 0.2) is 38.9 Å². The Morgan fingerprint density at radius 1 is 1.10 bits per heavy atom. The molecular formula is C21H25N5O3S. The zero-order valence-corrected chi connectivity index (χ0v) is 18.5. The largest absolute Gasteiger partial charge is 0.332 e. The van der Waals surface area contributed by atoms with E-state index in [0.29, 0.717) is 16.5 Å². The van der Waals surface area contributed by atoms with Gasteiger partial charge in [-0.15, -0.1) is 0 Å². The molecule has 3 aromatic rings. The molecule has 0 fully saturated rings. The number of carbonyl (C=O) groups excluding carboxylic acids is 1. The number of amides is 1. The van der Waals surface area contributed by atoms with Gasteiger partial charge in [0.05, 0.1) is 5.75 Å². The van der Waals surface area contributed by atoms with Gasteiger partial charge in [0.25, 0.3) is 5.56 Å². The molecular weight excluding hydrogens is 402 g/mol. The summed E-state index contributed by atoms with van der Waals surface area (Å²) in [6.45, 7) is 5.94. The lowest BCUT2D eigenvalue weighted by Gasteiger charge is -2.13. The number of thioether (sulfide) groups is 1. The van der Waals surface area contributed by atoms with Crippen molar-refractivity contribution in [1.29, 1.82) is 0 Å². The fourth-order valence-electron chi connectivity index (χ4n) is 2.96. The van der Waals surface area contributed by atoms with Crippen molar-refractivity contribution in [2.75, 3.05) is 11.1 Å². The average molecular weight is 428 g/mol. The predicted octanol–water partition coefficient (Wildman–Crippen LogP) is 2.44. The van der Waals surface area contributed by atoms with Gasteiger partial charge in [0.1, 0.15) is 16.2 Å². The number of rotatable bonds is 6. The summed E-state index contributed by atoms with van der Waals surface area (Å²) in [7, 11) is 2.99. The predicted molar refractivity (Wildman–Crippen MR) is 119 cm³/mol. The van der Waals surface area contributed by atoms with Crippen LogP contribution in [0, 0.1) is 0 Å². The summed E-state index contributed by atoms with van der Waals surface area (Å²) in [5.74, 6) is 0.386. The maximum Gasteiger partial charge on any atom is 0.332 e. The third-order valence-electron chi connectivity index (χ3n) is 4.79. The summed E-state index contributed by atoms with van der Waals surface area (Å²) < 4.78 is 2.36. The number of aromatic nitrogens is 4. The van der Waals surface area contributed by atoms with E-state index in [2.05, 4.69) is 22.2 Å². The Bertz CT molecular complexity index is 1210. The molecule has 1 amide bonds. The molecule has 158 valence electrons. The van der Waals surface area contributed by atoms with Crippen LogP contribution in [0.25, 0.3) is 11.0 Å². The molecule has 0 bridgehead atoms. The van der Waals surface area contributed by atoms with Crippen molar-refractivity contribution in [1.82, 2.24) is 19.1 Å². The highest BCUT2D eigenvalue weighted by Crippen LogP contribution is 2.24. The number of hydrogen-bond acceptors (Lipinski definition) is 6. The lowest BCUT2D eigenvalue weighted by atomic mass is 10.1. The molecule has 0 aliphatic heterocycles. The number of nitrogens with zero attached hydrogens (tertiary/aromatic N) is 4. The Morgan fingerprint density at radius 2 is 1.77 bits per heavy atom. The van der Waals surface area contributed by atoms with Crippen molar-refractivity contribution in [2.24, 2.45) is 14.1 Å². The number of hydrogen-bond donors (Lipinski definition) is 1. The molecule has 30 heavy (non-hydrogen) atoms. The van der Waals surface area contributed by atoms with E-state index in [4.69, 9.17) is 0 Å². The number of aryl methyl sites for hydroxylation is 2. The molecule has 8 nitrogen and oxygen atoms in total. The molecule has 0 aliphatic carbocycles. The Morgan fingerprint density at radius 3 is 2.37 bits per heavy atom. The second-order valence-electron chi connectivity index (χ2n) is 7.33. The standard InChI is InChI=1S/C21H25N5O3S/c1-6-13-7-9-14(10-8-13)22-15(27)11-30-19-16-18(23-17(24-19)12(2)3)25(4)21(29)26(5)20(16)28/h7-10,12H,6,11H2,1-5H3,(H,22,27). The van der Waals surface area contributed by atoms with Crippen LogP contribution >= 0.6 is 11.8 Å². The van der Waals surface area contributed by atoms with Crippen molar-refractivity contribution in [2.45, 2.75) is 38.1 Å². The van der Waals surface area contributed by atoms with Gasteiger partial charge in [-0.2, -0.15) is 0 Å². The van der Waals surface area contributed by atoms with E-state index in [0.717, 1.165) is 22.7 Å². The molecule has 0 aliphatic rings. The zero-order valence-electron chi connectivity index (χ0n) is 17.7. The maximum atomic E-state index is 12.8. The summed E-state index contributed by atoms with van der Waals surface area (Å²) in [6, 6.07) is 7.67. The van der Waals surface area contributed by atoms with Crippen molar-refractivity contribution in [3.63, 3.8) is 0 Å². The van der Waals surface area contributed by atoms with E-state index in [1.165, 1.54) is 17.2 Å². The van der Waals surface area contributed by atoms with E-state index < -0.39 is 11.2 Å². The first-order chi connectivity index (χ1) is 14.2. The first kappa shape index (κ1) is 21.8. The van der Waals surface area contributed by atoms with Crippen LogP contribution in [-0.2, 0) is 25.3 Å². The summed E-state index contributed by atoms with van der Waals surface area (Å²) in [6.07, 6.45) is 0.931. The van der Waals surface area contributed by atoms with Gasteiger partial charge in [0.15, 0.2) is 5.65 Å². The fourth-order valence-corrected chi connectivity index (χ4v) is 3.78. The molecule has 2 heterocycles. The molecule has 0 saturated carbocycles. The molecule has 0 saturated heterocycles. The molecule has 9 heteroatoms. The van der Waals surface area contributed by atoms with Crippen molar-refractivity contribution >= 4 is 34.4 Å². The first-order valence-corrected chi connectivity index (χ1v) is 10.7. The first-order valence-electron chi connectivity index (χ1n) is 9.72. The molecule has 0 spiro atoms. The Balaban J connectivity index is 1.93. The molecule has 1 N–H and O–H groups in total. The maximum absolute atomic E-state index is 12.8. The highest BCUT2D eigenvalue weighted by molar-refractivity contribution is 8.00. The zero-order chi connectivity index (χ0) is 22.0. The Labute approximate surface area is 178 Å². The number of anilines is 1. The van der Waals surface area contributed by atoms with Gasteiger partial charge in [0, 0.05) is 25.7 Å². The van der Waals surface area contributed by atoms with Gasteiger partial charge < -0.3 is 5.32 Å². The summed E-state index contributed by atoms with van der Waals surface area (Å²) in [4.78, 5) is 46.5. The average Bonchev–Trinajstić information content (AvgIpc) is 2.74. The second kappa shape index (κ2) is 8.83. The van der Waals surface area contributed by atoms with Gasteiger partial charge in [-0.05, 0) is 24.1 Å². The summed E-state index contributed by atoms with van der Waals surface area (Å²) >= 11 is 1.16. The van der Waals surface area contributed by atoms with Crippen LogP contribution in [0.2, 0.25) is 0 Å². The Kier molecular flexibility index (Phi) is 6.40. The normalized spacial score (nSPS) is 11.3. The minimum absolute atomic E-state index is 0.00110.